The predicted molar refractivity (Wildman–Crippen MR) is 57.7 cm³/mol. The molecule has 0 aromatic rings. The summed E-state index contributed by atoms with van der Waals surface area (Å²) in [6.07, 6.45) is 3.70. The first-order valence-electron chi connectivity index (χ1n) is 5.20. The molecule has 1 rings (SSSR count). The summed E-state index contributed by atoms with van der Waals surface area (Å²) in [5.74, 6) is 0.861. The van der Waals surface area contributed by atoms with Crippen LogP contribution in [0.2, 0.25) is 0 Å². The lowest BCUT2D eigenvalue weighted by Gasteiger charge is -2.16. The van der Waals surface area contributed by atoms with Crippen molar-refractivity contribution in [1.29, 1.82) is 0 Å². The number of rotatable bonds is 5. The topological polar surface area (TPSA) is 58.2 Å². The van der Waals surface area contributed by atoms with E-state index in [1.807, 2.05) is 0 Å². The third-order valence-corrected chi connectivity index (χ3v) is 4.31. The summed E-state index contributed by atoms with van der Waals surface area (Å²) in [5, 5.41) is 3.30. The van der Waals surface area contributed by atoms with Gasteiger partial charge in [0.25, 0.3) is 0 Å². The molecule has 4 nitrogen and oxygen atoms in total. The van der Waals surface area contributed by atoms with Gasteiger partial charge in [-0.3, -0.25) is 0 Å². The van der Waals surface area contributed by atoms with Crippen molar-refractivity contribution in [1.82, 2.24) is 10.0 Å². The normalized spacial score (nSPS) is 28.1. The van der Waals surface area contributed by atoms with Crippen LogP contribution < -0.4 is 10.0 Å². The van der Waals surface area contributed by atoms with Gasteiger partial charge in [-0.1, -0.05) is 13.3 Å². The van der Waals surface area contributed by atoms with E-state index in [1.54, 1.807) is 0 Å². The Balaban J connectivity index is 2.21. The van der Waals surface area contributed by atoms with Gasteiger partial charge in [0.15, 0.2) is 0 Å². The quantitative estimate of drug-likeness (QED) is 0.701. The summed E-state index contributed by atoms with van der Waals surface area (Å²) in [4.78, 5) is 0. The first-order chi connectivity index (χ1) is 6.55. The van der Waals surface area contributed by atoms with E-state index in [4.69, 9.17) is 0 Å². The van der Waals surface area contributed by atoms with Crippen LogP contribution in [0.4, 0.5) is 0 Å². The van der Waals surface area contributed by atoms with Gasteiger partial charge in [0, 0.05) is 12.6 Å². The van der Waals surface area contributed by atoms with E-state index in [2.05, 4.69) is 17.0 Å². The minimum absolute atomic E-state index is 0.173. The van der Waals surface area contributed by atoms with Crippen LogP contribution in [0.25, 0.3) is 0 Å². The predicted octanol–water partition coefficient (Wildman–Crippen LogP) is 0.314. The van der Waals surface area contributed by atoms with Gasteiger partial charge in [0.2, 0.25) is 10.0 Å². The summed E-state index contributed by atoms with van der Waals surface area (Å²) in [5.41, 5.74) is 0. The molecule has 0 spiro atoms. The van der Waals surface area contributed by atoms with Crippen molar-refractivity contribution < 1.29 is 8.42 Å². The molecule has 14 heavy (non-hydrogen) atoms. The fraction of sp³-hybridized carbons (Fsp3) is 1.00. The van der Waals surface area contributed by atoms with E-state index in [0.29, 0.717) is 18.5 Å². The van der Waals surface area contributed by atoms with E-state index in [0.717, 1.165) is 0 Å². The Bertz CT molecular complexity index is 264. The molecule has 0 radical (unpaired) electrons. The fourth-order valence-corrected chi connectivity index (χ4v) is 2.52. The molecule has 1 aliphatic rings. The first-order valence-corrected chi connectivity index (χ1v) is 6.85. The van der Waals surface area contributed by atoms with Gasteiger partial charge in [-0.05, 0) is 25.8 Å². The molecule has 0 aromatic carbocycles. The number of hydrogen-bond donors (Lipinski definition) is 2. The maximum atomic E-state index is 11.1. The van der Waals surface area contributed by atoms with E-state index < -0.39 is 10.0 Å². The molecule has 0 bridgehead atoms. The SMILES string of the molecule is CNS(=O)(=O)CCNC1CCCC1C. The molecular formula is C9H20N2O2S. The molecule has 0 saturated heterocycles. The largest absolute Gasteiger partial charge is 0.313 e. The zero-order valence-electron chi connectivity index (χ0n) is 8.91. The highest BCUT2D eigenvalue weighted by molar-refractivity contribution is 7.89. The Morgan fingerprint density at radius 1 is 1.36 bits per heavy atom. The van der Waals surface area contributed by atoms with Gasteiger partial charge >= 0.3 is 0 Å². The number of hydrogen-bond acceptors (Lipinski definition) is 3. The molecule has 0 aliphatic heterocycles. The lowest BCUT2D eigenvalue weighted by molar-refractivity contribution is 0.436. The van der Waals surface area contributed by atoms with Crippen molar-refractivity contribution in [3.05, 3.63) is 0 Å². The maximum absolute atomic E-state index is 11.1. The van der Waals surface area contributed by atoms with Crippen LogP contribution in [-0.2, 0) is 10.0 Å². The van der Waals surface area contributed by atoms with Gasteiger partial charge in [-0.15, -0.1) is 0 Å². The summed E-state index contributed by atoms with van der Waals surface area (Å²) >= 11 is 0. The zero-order chi connectivity index (χ0) is 10.6. The van der Waals surface area contributed by atoms with Crippen LogP contribution in [0, 0.1) is 5.92 Å². The molecule has 2 N–H and O–H groups in total. The second-order valence-electron chi connectivity index (χ2n) is 3.99. The van der Waals surface area contributed by atoms with Gasteiger partial charge in [0.1, 0.15) is 0 Å². The smallest absolute Gasteiger partial charge is 0.212 e. The second kappa shape index (κ2) is 5.09. The lowest BCUT2D eigenvalue weighted by Crippen LogP contribution is -2.36. The molecule has 2 atom stereocenters. The highest BCUT2D eigenvalue weighted by atomic mass is 32.2. The summed E-state index contributed by atoms with van der Waals surface area (Å²) in [6, 6.07) is 0.516. The fourth-order valence-electron chi connectivity index (χ4n) is 1.93. The van der Waals surface area contributed by atoms with Crippen LogP contribution in [0.1, 0.15) is 26.2 Å². The van der Waals surface area contributed by atoms with Crippen molar-refractivity contribution in [3.8, 4) is 0 Å². The molecule has 5 heteroatoms. The van der Waals surface area contributed by atoms with Crippen LogP contribution >= 0.6 is 0 Å². The molecule has 0 heterocycles. The molecule has 0 aromatic heterocycles. The molecule has 1 fully saturated rings. The lowest BCUT2D eigenvalue weighted by atomic mass is 10.1. The van der Waals surface area contributed by atoms with Gasteiger partial charge < -0.3 is 5.32 Å². The van der Waals surface area contributed by atoms with Crippen LogP contribution in [0.5, 0.6) is 0 Å². The Kier molecular flexibility index (Phi) is 4.34. The van der Waals surface area contributed by atoms with Crippen molar-refractivity contribution in [2.45, 2.75) is 32.2 Å². The number of sulfonamides is 1. The Hall–Kier alpha value is -0.130. The van der Waals surface area contributed by atoms with Crippen LogP contribution in [0.15, 0.2) is 0 Å². The van der Waals surface area contributed by atoms with Crippen LogP contribution in [0.3, 0.4) is 0 Å². The zero-order valence-corrected chi connectivity index (χ0v) is 9.73. The van der Waals surface area contributed by atoms with E-state index in [1.165, 1.54) is 26.3 Å². The third kappa shape index (κ3) is 3.55. The minimum atomic E-state index is -3.04. The molecule has 0 amide bonds. The van der Waals surface area contributed by atoms with E-state index in [9.17, 15) is 8.42 Å². The molecule has 1 saturated carbocycles. The minimum Gasteiger partial charge on any atom is -0.313 e. The Morgan fingerprint density at radius 2 is 2.07 bits per heavy atom. The van der Waals surface area contributed by atoms with Gasteiger partial charge in [0.05, 0.1) is 5.75 Å². The van der Waals surface area contributed by atoms with E-state index in [-0.39, 0.29) is 5.75 Å². The average molecular weight is 220 g/mol. The third-order valence-electron chi connectivity index (χ3n) is 2.95. The Labute approximate surface area is 86.5 Å². The van der Waals surface area contributed by atoms with Crippen molar-refractivity contribution in [3.63, 3.8) is 0 Å². The van der Waals surface area contributed by atoms with E-state index >= 15 is 0 Å². The van der Waals surface area contributed by atoms with Crippen molar-refractivity contribution in [2.75, 3.05) is 19.3 Å². The first kappa shape index (κ1) is 11.9. The van der Waals surface area contributed by atoms with Gasteiger partial charge in [-0.2, -0.15) is 0 Å². The highest BCUT2D eigenvalue weighted by Crippen LogP contribution is 2.24. The van der Waals surface area contributed by atoms with Gasteiger partial charge in [-0.25, -0.2) is 13.1 Å². The molecule has 1 aliphatic carbocycles. The number of nitrogens with one attached hydrogen (secondary N) is 2. The van der Waals surface area contributed by atoms with Crippen LogP contribution in [-0.4, -0.2) is 33.8 Å². The summed E-state index contributed by atoms with van der Waals surface area (Å²) in [7, 11) is -1.59. The summed E-state index contributed by atoms with van der Waals surface area (Å²) in [6.45, 7) is 2.77. The Morgan fingerprint density at radius 3 is 2.57 bits per heavy atom. The standard InChI is InChI=1S/C9H20N2O2S/c1-8-4-3-5-9(8)11-6-7-14(12,13)10-2/h8-11H,3-7H2,1-2H3. The molecular weight excluding hydrogens is 200 g/mol. The second-order valence-corrected chi connectivity index (χ2v) is 6.04. The average Bonchev–Trinajstić information content (AvgIpc) is 2.52. The highest BCUT2D eigenvalue weighted by Gasteiger charge is 2.22. The van der Waals surface area contributed by atoms with Crippen molar-refractivity contribution >= 4 is 10.0 Å². The monoisotopic (exact) mass is 220 g/mol. The summed E-state index contributed by atoms with van der Waals surface area (Å²) < 4.78 is 24.5. The molecule has 84 valence electrons. The maximum Gasteiger partial charge on any atom is 0.212 e. The van der Waals surface area contributed by atoms with Crippen molar-refractivity contribution in [2.24, 2.45) is 5.92 Å². The molecule has 2 unspecified atom stereocenters.